The molecule has 7 heteroatoms. The van der Waals surface area contributed by atoms with Gasteiger partial charge >= 0.3 is 0 Å². The van der Waals surface area contributed by atoms with E-state index in [2.05, 4.69) is 26.7 Å². The van der Waals surface area contributed by atoms with Crippen LogP contribution in [-0.4, -0.2) is 48.9 Å². The van der Waals surface area contributed by atoms with E-state index in [4.69, 9.17) is 0 Å². The van der Waals surface area contributed by atoms with Gasteiger partial charge in [0.15, 0.2) is 11.0 Å². The van der Waals surface area contributed by atoms with Gasteiger partial charge in [-0.15, -0.1) is 10.2 Å². The number of pyridine rings is 1. The zero-order chi connectivity index (χ0) is 18.5. The normalized spacial score (nSPS) is 16.4. The molecule has 2 aromatic heterocycles. The zero-order valence-electron chi connectivity index (χ0n) is 15.8. The van der Waals surface area contributed by atoms with Gasteiger partial charge < -0.3 is 9.47 Å². The van der Waals surface area contributed by atoms with Crippen LogP contribution < -0.4 is 0 Å². The maximum absolute atomic E-state index is 12.9. The Balaban J connectivity index is 1.72. The zero-order valence-corrected chi connectivity index (χ0v) is 16.6. The summed E-state index contributed by atoms with van der Waals surface area (Å²) in [5, 5.41) is 9.30. The highest BCUT2D eigenvalue weighted by molar-refractivity contribution is 8.00. The summed E-state index contributed by atoms with van der Waals surface area (Å²) in [6.07, 6.45) is 9.49. The first-order valence-electron chi connectivity index (χ1n) is 9.38. The summed E-state index contributed by atoms with van der Waals surface area (Å²) in [7, 11) is 1.95. The monoisotopic (exact) mass is 373 g/mol. The quantitative estimate of drug-likeness (QED) is 0.724. The van der Waals surface area contributed by atoms with Crippen LogP contribution in [0.5, 0.6) is 0 Å². The van der Waals surface area contributed by atoms with Crippen LogP contribution in [0.4, 0.5) is 0 Å². The molecule has 2 aromatic rings. The van der Waals surface area contributed by atoms with E-state index in [0.717, 1.165) is 35.9 Å². The molecule has 0 aromatic carbocycles. The van der Waals surface area contributed by atoms with E-state index >= 15 is 0 Å². The highest BCUT2D eigenvalue weighted by Crippen LogP contribution is 2.29. The smallest absolute Gasteiger partial charge is 0.235 e. The van der Waals surface area contributed by atoms with Gasteiger partial charge in [-0.1, -0.05) is 31.0 Å². The van der Waals surface area contributed by atoms with Crippen molar-refractivity contribution in [1.29, 1.82) is 0 Å². The molecule has 26 heavy (non-hydrogen) atoms. The van der Waals surface area contributed by atoms with Gasteiger partial charge in [-0.3, -0.25) is 9.78 Å². The maximum atomic E-state index is 12.9. The van der Waals surface area contributed by atoms with E-state index in [0.29, 0.717) is 6.04 Å². The summed E-state index contributed by atoms with van der Waals surface area (Å²) in [6.45, 7) is 4.79. The van der Waals surface area contributed by atoms with E-state index in [1.165, 1.54) is 31.0 Å². The standard InChI is InChI=1S/C19H27N5OS/c1-4-24-17(15-10-12-20-13-11-15)21-22-19(24)26-14(2)18(25)23(3)16-8-6-5-7-9-16/h10-14,16H,4-9H2,1-3H3. The number of hydrogen-bond acceptors (Lipinski definition) is 5. The SMILES string of the molecule is CCn1c(SC(C)C(=O)N(C)C2CCCCC2)nnc1-c1ccncc1. The number of nitrogens with zero attached hydrogens (tertiary/aromatic N) is 5. The molecule has 140 valence electrons. The molecule has 0 N–H and O–H groups in total. The van der Waals surface area contributed by atoms with Crippen molar-refractivity contribution in [2.24, 2.45) is 0 Å². The Morgan fingerprint density at radius 2 is 1.96 bits per heavy atom. The lowest BCUT2D eigenvalue weighted by atomic mass is 9.94. The molecular weight excluding hydrogens is 346 g/mol. The van der Waals surface area contributed by atoms with Gasteiger partial charge in [0, 0.05) is 37.6 Å². The van der Waals surface area contributed by atoms with E-state index in [9.17, 15) is 4.79 Å². The Morgan fingerprint density at radius 1 is 1.27 bits per heavy atom. The third kappa shape index (κ3) is 4.09. The first-order chi connectivity index (χ1) is 12.6. The molecular formula is C19H27N5OS. The van der Waals surface area contributed by atoms with Crippen LogP contribution in [0.25, 0.3) is 11.4 Å². The first-order valence-corrected chi connectivity index (χ1v) is 10.3. The summed E-state index contributed by atoms with van der Waals surface area (Å²) in [4.78, 5) is 18.9. The van der Waals surface area contributed by atoms with Gasteiger partial charge in [-0.05, 0) is 38.8 Å². The number of hydrogen-bond donors (Lipinski definition) is 0. The minimum Gasteiger partial charge on any atom is -0.342 e. The summed E-state index contributed by atoms with van der Waals surface area (Å²) >= 11 is 1.49. The summed E-state index contributed by atoms with van der Waals surface area (Å²) in [5.41, 5.74) is 0.986. The van der Waals surface area contributed by atoms with Crippen LogP contribution >= 0.6 is 11.8 Å². The molecule has 1 unspecified atom stereocenters. The fourth-order valence-electron chi connectivity index (χ4n) is 3.52. The molecule has 1 aliphatic rings. The van der Waals surface area contributed by atoms with Gasteiger partial charge in [0.25, 0.3) is 0 Å². The van der Waals surface area contributed by atoms with Crippen LogP contribution in [0.2, 0.25) is 0 Å². The lowest BCUT2D eigenvalue weighted by Crippen LogP contribution is -2.42. The average Bonchev–Trinajstić information content (AvgIpc) is 3.10. The van der Waals surface area contributed by atoms with Crippen molar-refractivity contribution in [1.82, 2.24) is 24.6 Å². The number of carbonyl (C=O) groups is 1. The molecule has 1 fully saturated rings. The van der Waals surface area contributed by atoms with Crippen LogP contribution in [0.15, 0.2) is 29.7 Å². The van der Waals surface area contributed by atoms with Gasteiger partial charge in [-0.25, -0.2) is 0 Å². The molecule has 1 atom stereocenters. The predicted octanol–water partition coefficient (Wildman–Crippen LogP) is 3.63. The number of thioether (sulfide) groups is 1. The van der Waals surface area contributed by atoms with Crippen molar-refractivity contribution in [3.8, 4) is 11.4 Å². The molecule has 0 bridgehead atoms. The predicted molar refractivity (Wildman–Crippen MR) is 104 cm³/mol. The largest absolute Gasteiger partial charge is 0.342 e. The molecule has 6 nitrogen and oxygen atoms in total. The summed E-state index contributed by atoms with van der Waals surface area (Å²) in [6, 6.07) is 4.24. The minimum atomic E-state index is -0.179. The molecule has 0 spiro atoms. The molecule has 1 amide bonds. The Labute approximate surface area is 159 Å². The van der Waals surface area contributed by atoms with Crippen molar-refractivity contribution in [2.45, 2.75) is 68.9 Å². The molecule has 0 saturated heterocycles. The Morgan fingerprint density at radius 3 is 2.62 bits per heavy atom. The van der Waals surface area contributed by atoms with E-state index in [1.54, 1.807) is 12.4 Å². The third-order valence-electron chi connectivity index (χ3n) is 5.07. The fraction of sp³-hybridized carbons (Fsp3) is 0.579. The molecule has 2 heterocycles. The van der Waals surface area contributed by atoms with Crippen molar-refractivity contribution in [3.63, 3.8) is 0 Å². The fourth-order valence-corrected chi connectivity index (χ4v) is 4.53. The van der Waals surface area contributed by atoms with E-state index < -0.39 is 0 Å². The van der Waals surface area contributed by atoms with Crippen molar-refractivity contribution in [3.05, 3.63) is 24.5 Å². The number of aromatic nitrogens is 4. The van der Waals surface area contributed by atoms with Gasteiger partial charge in [-0.2, -0.15) is 0 Å². The topological polar surface area (TPSA) is 63.9 Å². The molecule has 1 saturated carbocycles. The van der Waals surface area contributed by atoms with Crippen LogP contribution in [0.3, 0.4) is 0 Å². The highest BCUT2D eigenvalue weighted by Gasteiger charge is 2.27. The van der Waals surface area contributed by atoms with Crippen LogP contribution in [-0.2, 0) is 11.3 Å². The van der Waals surface area contributed by atoms with Crippen LogP contribution in [0.1, 0.15) is 46.0 Å². The summed E-state index contributed by atoms with van der Waals surface area (Å²) in [5.74, 6) is 0.996. The average molecular weight is 374 g/mol. The Kier molecular flexibility index (Phi) is 6.29. The molecule has 3 rings (SSSR count). The van der Waals surface area contributed by atoms with Gasteiger partial charge in [0.05, 0.1) is 5.25 Å². The molecule has 1 aliphatic carbocycles. The minimum absolute atomic E-state index is 0.179. The first kappa shape index (κ1) is 18.9. The lowest BCUT2D eigenvalue weighted by molar-refractivity contribution is -0.131. The van der Waals surface area contributed by atoms with Crippen molar-refractivity contribution < 1.29 is 4.79 Å². The van der Waals surface area contributed by atoms with Crippen molar-refractivity contribution >= 4 is 17.7 Å². The van der Waals surface area contributed by atoms with Gasteiger partial charge in [0.1, 0.15) is 0 Å². The van der Waals surface area contributed by atoms with Crippen LogP contribution in [0, 0.1) is 0 Å². The molecule has 0 aliphatic heterocycles. The third-order valence-corrected chi connectivity index (χ3v) is 6.14. The Hall–Kier alpha value is -1.89. The van der Waals surface area contributed by atoms with E-state index in [-0.39, 0.29) is 11.2 Å². The second kappa shape index (κ2) is 8.66. The summed E-state index contributed by atoms with van der Waals surface area (Å²) < 4.78 is 2.06. The second-order valence-corrected chi connectivity index (χ2v) is 8.10. The Bertz CT molecular complexity index is 727. The second-order valence-electron chi connectivity index (χ2n) is 6.79. The number of carbonyl (C=O) groups excluding carboxylic acids is 1. The number of amides is 1. The maximum Gasteiger partial charge on any atom is 0.235 e. The van der Waals surface area contributed by atoms with E-state index in [1.807, 2.05) is 31.0 Å². The van der Waals surface area contributed by atoms with Gasteiger partial charge in [0.2, 0.25) is 5.91 Å². The number of rotatable bonds is 6. The lowest BCUT2D eigenvalue weighted by Gasteiger charge is -2.32. The molecule has 0 radical (unpaired) electrons. The van der Waals surface area contributed by atoms with Crippen molar-refractivity contribution in [2.75, 3.05) is 7.05 Å². The highest BCUT2D eigenvalue weighted by atomic mass is 32.2.